The first-order valence-electron chi connectivity index (χ1n) is 30.3. The minimum absolute atomic E-state index is 0.0614. The van der Waals surface area contributed by atoms with Crippen molar-refractivity contribution in [2.45, 2.75) is 68.2 Å². The summed E-state index contributed by atoms with van der Waals surface area (Å²) in [6, 6.07) is 54.2. The molecule has 0 fully saturated rings. The summed E-state index contributed by atoms with van der Waals surface area (Å²) in [5.74, 6) is -4.17. The van der Waals surface area contributed by atoms with E-state index in [1.165, 1.54) is 35.4 Å². The predicted octanol–water partition coefficient (Wildman–Crippen LogP) is 21.6. The van der Waals surface area contributed by atoms with E-state index in [0.717, 1.165) is 118 Å². The summed E-state index contributed by atoms with van der Waals surface area (Å²) in [6.45, 7) is 8.30. The number of fused-ring (bicyclic) bond motifs is 8. The lowest BCUT2D eigenvalue weighted by molar-refractivity contribution is 0.325. The number of anilines is 5. The van der Waals surface area contributed by atoms with Crippen LogP contribution in [0.25, 0.3) is 33.6 Å². The molecule has 5 atom stereocenters. The van der Waals surface area contributed by atoms with Gasteiger partial charge in [0.2, 0.25) is 0 Å². The largest absolute Gasteiger partial charge is 0.456 e. The number of halogens is 6. The highest BCUT2D eigenvalue weighted by Crippen LogP contribution is 2.64. The molecule has 0 spiro atoms. The standard InChI is InChI=1S/C79H60F6N2O/c1-3-48-19-23-51(24-20-48)78(53-27-31-55(80)32-28-53)65-14-7-5-12-61(65)63-39-35-57(43-67(63)78)86(58-37-41-69(82)71(84)45-58)47-50-11-9-17-74-76(50)77-73(16-10-18-75(77)88-74)87(60-38-42-70(83)72(85)46-60)59-36-40-64-62-13-6-8-15-66(62)79(68(64)44-59,54-29-33-56(81)34-30-54)52-25-21-49(4-2)22-26-52/h3-6,9-13,16-20,23-25,27-46,49,62,66H,1-2,7-8,14-15,21-22,26,47H2. The molecule has 15 rings (SSSR count). The van der Waals surface area contributed by atoms with Crippen LogP contribution in [0.2, 0.25) is 0 Å². The lowest BCUT2D eigenvalue weighted by atomic mass is 9.59. The van der Waals surface area contributed by atoms with Gasteiger partial charge in [-0.1, -0.05) is 134 Å². The molecular weight excluding hydrogens is 1110 g/mol. The van der Waals surface area contributed by atoms with E-state index in [1.807, 2.05) is 94.7 Å². The van der Waals surface area contributed by atoms with Gasteiger partial charge in [0.25, 0.3) is 0 Å². The van der Waals surface area contributed by atoms with Crippen molar-refractivity contribution in [3.8, 4) is 0 Å². The van der Waals surface area contributed by atoms with E-state index in [-0.39, 0.29) is 30.0 Å². The molecule has 0 saturated heterocycles. The summed E-state index contributed by atoms with van der Waals surface area (Å²) in [4.78, 5) is 3.96. The fraction of sp³-hybridized carbons (Fsp3) is 0.165. The van der Waals surface area contributed by atoms with Crippen LogP contribution in [0.1, 0.15) is 101 Å². The van der Waals surface area contributed by atoms with E-state index in [1.54, 1.807) is 30.3 Å². The lowest BCUT2D eigenvalue weighted by Gasteiger charge is -2.44. The van der Waals surface area contributed by atoms with Crippen LogP contribution in [0.5, 0.6) is 0 Å². The Balaban J connectivity index is 0.936. The SMILES string of the molecule is C=Cc1ccc(C2(c3ccc(F)cc3)C3=C(C=CCC3)c3ccc(N(Cc4cccc5oc6cccc(N(c7ccc(F)c(F)c7)c7ccc8c(c7)C(C7=CCC(C=C)CC7)(c7ccc(F)cc7)C7CCC=CC87)c6c45)c4ccc(F)c(F)c4)cc32)cc1. The van der Waals surface area contributed by atoms with E-state index in [0.29, 0.717) is 50.9 Å². The van der Waals surface area contributed by atoms with Crippen LogP contribution in [0.15, 0.2) is 247 Å². The van der Waals surface area contributed by atoms with Crippen molar-refractivity contribution in [3.05, 3.63) is 328 Å². The molecule has 0 radical (unpaired) electrons. The third-order valence-electron chi connectivity index (χ3n) is 19.7. The summed E-state index contributed by atoms with van der Waals surface area (Å²) in [5.41, 5.74) is 14.7. The molecule has 3 nitrogen and oxygen atoms in total. The third-order valence-corrected chi connectivity index (χ3v) is 19.7. The Kier molecular flexibility index (Phi) is 13.5. The van der Waals surface area contributed by atoms with Crippen molar-refractivity contribution in [3.63, 3.8) is 0 Å². The van der Waals surface area contributed by atoms with Gasteiger partial charge in [-0.15, -0.1) is 6.58 Å². The Hall–Kier alpha value is -9.60. The summed E-state index contributed by atoms with van der Waals surface area (Å²) < 4.78 is 99.4. The zero-order valence-electron chi connectivity index (χ0n) is 48.2. The average molecular weight is 1170 g/mol. The van der Waals surface area contributed by atoms with Gasteiger partial charge >= 0.3 is 0 Å². The van der Waals surface area contributed by atoms with E-state index in [4.69, 9.17) is 4.42 Å². The highest BCUT2D eigenvalue weighted by atomic mass is 19.2. The van der Waals surface area contributed by atoms with Gasteiger partial charge < -0.3 is 14.2 Å². The number of allylic oxidation sites excluding steroid dienone is 9. The molecule has 0 bridgehead atoms. The number of furan rings is 1. The molecule has 0 N–H and O–H groups in total. The van der Waals surface area contributed by atoms with Crippen LogP contribution in [0.3, 0.4) is 0 Å². The number of nitrogens with zero attached hydrogens (tertiary/aromatic N) is 2. The Bertz CT molecular complexity index is 4610. The Morgan fingerprint density at radius 2 is 1.20 bits per heavy atom. The maximum Gasteiger partial charge on any atom is 0.160 e. The molecular formula is C79H60F6N2O. The first-order chi connectivity index (χ1) is 43.0. The van der Waals surface area contributed by atoms with Crippen LogP contribution in [-0.4, -0.2) is 0 Å². The predicted molar refractivity (Wildman–Crippen MR) is 342 cm³/mol. The Labute approximate surface area is 507 Å². The molecule has 88 heavy (non-hydrogen) atoms. The fourth-order valence-corrected chi connectivity index (χ4v) is 15.8. The minimum atomic E-state index is -1.02. The quantitative estimate of drug-likeness (QED) is 0.0847. The number of hydrogen-bond donors (Lipinski definition) is 0. The van der Waals surface area contributed by atoms with Gasteiger partial charge in [-0.25, -0.2) is 26.3 Å². The summed E-state index contributed by atoms with van der Waals surface area (Å²) in [6.07, 6.45) is 21.1. The Morgan fingerprint density at radius 3 is 1.91 bits per heavy atom. The first kappa shape index (κ1) is 55.0. The van der Waals surface area contributed by atoms with E-state index < -0.39 is 34.1 Å². The molecule has 1 heterocycles. The van der Waals surface area contributed by atoms with Crippen molar-refractivity contribution in [2.75, 3.05) is 9.80 Å². The maximum absolute atomic E-state index is 16.1. The van der Waals surface area contributed by atoms with E-state index in [2.05, 4.69) is 86.0 Å². The van der Waals surface area contributed by atoms with Gasteiger partial charge in [0, 0.05) is 58.1 Å². The van der Waals surface area contributed by atoms with Crippen molar-refractivity contribution < 1.29 is 30.8 Å². The highest BCUT2D eigenvalue weighted by molar-refractivity contribution is 6.15. The minimum Gasteiger partial charge on any atom is -0.456 e. The van der Waals surface area contributed by atoms with Gasteiger partial charge in [-0.2, -0.15) is 0 Å². The van der Waals surface area contributed by atoms with Gasteiger partial charge in [-0.05, 0) is 209 Å². The molecule has 9 heteroatoms. The average Bonchev–Trinajstić information content (AvgIpc) is 1.55. The summed E-state index contributed by atoms with van der Waals surface area (Å²) in [7, 11) is 0. The second-order valence-electron chi connectivity index (χ2n) is 24.0. The number of benzene rings is 9. The monoisotopic (exact) mass is 1170 g/mol. The zero-order valence-corrected chi connectivity index (χ0v) is 48.2. The topological polar surface area (TPSA) is 19.6 Å². The molecule has 9 aromatic carbocycles. The molecule has 5 unspecified atom stereocenters. The molecule has 0 amide bonds. The van der Waals surface area contributed by atoms with Crippen LogP contribution in [0.4, 0.5) is 54.8 Å². The molecule has 5 aliphatic rings. The summed E-state index contributed by atoms with van der Waals surface area (Å²) >= 11 is 0. The second kappa shape index (κ2) is 21.7. The van der Waals surface area contributed by atoms with Crippen LogP contribution < -0.4 is 9.80 Å². The third kappa shape index (κ3) is 8.63. The van der Waals surface area contributed by atoms with E-state index >= 15 is 26.3 Å². The van der Waals surface area contributed by atoms with Crippen molar-refractivity contribution in [1.82, 2.24) is 0 Å². The summed E-state index contributed by atoms with van der Waals surface area (Å²) in [5, 5.41) is 1.41. The molecule has 10 aromatic rings. The number of rotatable bonds is 13. The van der Waals surface area contributed by atoms with Crippen molar-refractivity contribution in [1.29, 1.82) is 0 Å². The molecule has 0 saturated carbocycles. The second-order valence-corrected chi connectivity index (χ2v) is 24.0. The molecule has 434 valence electrons. The van der Waals surface area contributed by atoms with Crippen LogP contribution >= 0.6 is 0 Å². The number of hydrogen-bond acceptors (Lipinski definition) is 3. The highest BCUT2D eigenvalue weighted by Gasteiger charge is 2.55. The molecule has 1 aromatic heterocycles. The van der Waals surface area contributed by atoms with Crippen molar-refractivity contribution in [2.24, 2.45) is 11.8 Å². The van der Waals surface area contributed by atoms with Crippen LogP contribution in [0, 0.1) is 46.7 Å². The molecule has 0 aliphatic heterocycles. The normalized spacial score (nSPS) is 20.8. The van der Waals surface area contributed by atoms with E-state index in [9.17, 15) is 0 Å². The van der Waals surface area contributed by atoms with Gasteiger partial charge in [0.1, 0.15) is 22.8 Å². The van der Waals surface area contributed by atoms with Crippen LogP contribution in [-0.2, 0) is 17.4 Å². The first-order valence-corrected chi connectivity index (χ1v) is 30.3. The Morgan fingerprint density at radius 1 is 0.568 bits per heavy atom. The van der Waals surface area contributed by atoms with Gasteiger partial charge in [-0.3, -0.25) is 0 Å². The van der Waals surface area contributed by atoms with Gasteiger partial charge in [0.15, 0.2) is 23.3 Å². The zero-order chi connectivity index (χ0) is 60.0. The fourth-order valence-electron chi connectivity index (χ4n) is 15.8. The molecule has 5 aliphatic carbocycles. The van der Waals surface area contributed by atoms with Gasteiger partial charge in [0.05, 0.1) is 16.5 Å². The van der Waals surface area contributed by atoms with Crippen molar-refractivity contribution >= 4 is 62.0 Å². The smallest absolute Gasteiger partial charge is 0.160 e. The lowest BCUT2D eigenvalue weighted by Crippen LogP contribution is -2.38. The maximum atomic E-state index is 16.1.